The van der Waals surface area contributed by atoms with Gasteiger partial charge in [0.15, 0.2) is 0 Å². The number of hydrogen-bond donors (Lipinski definition) is 0. The first-order chi connectivity index (χ1) is 6.83. The van der Waals surface area contributed by atoms with Gasteiger partial charge in [-0.1, -0.05) is 0 Å². The molecule has 0 bridgehead atoms. The Balaban J connectivity index is 2.19. The van der Waals surface area contributed by atoms with Crippen LogP contribution in [0.1, 0.15) is 19.3 Å². The second-order valence-electron chi connectivity index (χ2n) is 2.96. The van der Waals surface area contributed by atoms with Crippen molar-refractivity contribution < 1.29 is 9.13 Å². The van der Waals surface area contributed by atoms with Crippen molar-refractivity contribution in [2.75, 3.05) is 6.61 Å². The van der Waals surface area contributed by atoms with Crippen LogP contribution < -0.4 is 4.74 Å². The van der Waals surface area contributed by atoms with Gasteiger partial charge in [0.2, 0.25) is 0 Å². The molecule has 14 heavy (non-hydrogen) atoms. The van der Waals surface area contributed by atoms with Crippen LogP contribution in [0.2, 0.25) is 0 Å². The van der Waals surface area contributed by atoms with E-state index in [9.17, 15) is 4.39 Å². The van der Waals surface area contributed by atoms with Gasteiger partial charge in [-0.05, 0) is 37.1 Å². The standard InChI is InChI=1S/C12H13FO/c1-2-3-4-5-10-14-12-8-6-11(13)7-9-12/h1,6-9H,3-5,10H2. The largest absolute Gasteiger partial charge is 0.494 e. The Kier molecular flexibility index (Phi) is 4.57. The fraction of sp³-hybridized carbons (Fsp3) is 0.333. The van der Waals surface area contributed by atoms with Gasteiger partial charge in [-0.15, -0.1) is 12.3 Å². The lowest BCUT2D eigenvalue weighted by molar-refractivity contribution is 0.307. The second kappa shape index (κ2) is 6.04. The van der Waals surface area contributed by atoms with Crippen LogP contribution in [0, 0.1) is 18.2 Å². The number of terminal acetylenes is 1. The number of hydrogen-bond acceptors (Lipinski definition) is 1. The summed E-state index contributed by atoms with van der Waals surface area (Å²) in [4.78, 5) is 0. The fourth-order valence-electron chi connectivity index (χ4n) is 1.05. The van der Waals surface area contributed by atoms with Crippen LogP contribution in [0.25, 0.3) is 0 Å². The van der Waals surface area contributed by atoms with Crippen molar-refractivity contribution >= 4 is 0 Å². The highest BCUT2D eigenvalue weighted by Crippen LogP contribution is 2.11. The van der Waals surface area contributed by atoms with Crippen molar-refractivity contribution in [2.45, 2.75) is 19.3 Å². The molecule has 0 atom stereocenters. The predicted molar refractivity (Wildman–Crippen MR) is 54.6 cm³/mol. The van der Waals surface area contributed by atoms with Crippen molar-refractivity contribution in [2.24, 2.45) is 0 Å². The molecule has 0 aliphatic rings. The Hall–Kier alpha value is -1.49. The number of benzene rings is 1. The predicted octanol–water partition coefficient (Wildman–Crippen LogP) is 3.01. The highest BCUT2D eigenvalue weighted by atomic mass is 19.1. The minimum Gasteiger partial charge on any atom is -0.494 e. The van der Waals surface area contributed by atoms with Gasteiger partial charge in [-0.2, -0.15) is 0 Å². The summed E-state index contributed by atoms with van der Waals surface area (Å²) in [5, 5.41) is 0. The van der Waals surface area contributed by atoms with Crippen molar-refractivity contribution in [1.82, 2.24) is 0 Å². The molecule has 74 valence electrons. The van der Waals surface area contributed by atoms with Crippen LogP contribution in [0.15, 0.2) is 24.3 Å². The van der Waals surface area contributed by atoms with E-state index < -0.39 is 0 Å². The van der Waals surface area contributed by atoms with E-state index in [0.29, 0.717) is 12.4 Å². The Morgan fingerprint density at radius 2 is 1.93 bits per heavy atom. The molecule has 0 radical (unpaired) electrons. The topological polar surface area (TPSA) is 9.23 Å². The summed E-state index contributed by atoms with van der Waals surface area (Å²) < 4.78 is 17.9. The Labute approximate surface area is 83.9 Å². The van der Waals surface area contributed by atoms with E-state index in [-0.39, 0.29) is 5.82 Å². The van der Waals surface area contributed by atoms with Gasteiger partial charge in [0, 0.05) is 6.42 Å². The number of rotatable bonds is 5. The van der Waals surface area contributed by atoms with E-state index in [1.807, 2.05) is 0 Å². The molecule has 0 saturated heterocycles. The molecular weight excluding hydrogens is 179 g/mol. The number of ether oxygens (including phenoxy) is 1. The van der Waals surface area contributed by atoms with E-state index >= 15 is 0 Å². The van der Waals surface area contributed by atoms with E-state index in [1.54, 1.807) is 12.1 Å². The molecule has 0 aliphatic heterocycles. The fourth-order valence-corrected chi connectivity index (χ4v) is 1.05. The van der Waals surface area contributed by atoms with Gasteiger partial charge in [0.05, 0.1) is 6.61 Å². The molecule has 0 N–H and O–H groups in total. The van der Waals surface area contributed by atoms with Crippen LogP contribution in [0.4, 0.5) is 4.39 Å². The van der Waals surface area contributed by atoms with Gasteiger partial charge in [-0.3, -0.25) is 0 Å². The molecule has 0 fully saturated rings. The molecule has 0 saturated carbocycles. The normalized spacial score (nSPS) is 9.43. The zero-order chi connectivity index (χ0) is 10.2. The summed E-state index contributed by atoms with van der Waals surface area (Å²) in [5.74, 6) is 3.02. The van der Waals surface area contributed by atoms with Crippen LogP contribution in [-0.2, 0) is 0 Å². The van der Waals surface area contributed by atoms with Crippen molar-refractivity contribution in [1.29, 1.82) is 0 Å². The first-order valence-electron chi connectivity index (χ1n) is 4.65. The summed E-state index contributed by atoms with van der Waals surface area (Å²) in [5.41, 5.74) is 0. The molecule has 0 amide bonds. The van der Waals surface area contributed by atoms with Crippen LogP contribution in [0.5, 0.6) is 5.75 Å². The van der Waals surface area contributed by atoms with Crippen LogP contribution in [-0.4, -0.2) is 6.61 Å². The quantitative estimate of drug-likeness (QED) is 0.514. The van der Waals surface area contributed by atoms with E-state index in [4.69, 9.17) is 11.2 Å². The minimum absolute atomic E-state index is 0.246. The molecule has 0 heterocycles. The maximum Gasteiger partial charge on any atom is 0.123 e. The molecule has 0 aliphatic carbocycles. The van der Waals surface area contributed by atoms with Gasteiger partial charge in [0.1, 0.15) is 11.6 Å². The maximum absolute atomic E-state index is 12.5. The van der Waals surface area contributed by atoms with E-state index in [0.717, 1.165) is 19.3 Å². The number of unbranched alkanes of at least 4 members (excludes halogenated alkanes) is 2. The number of halogens is 1. The van der Waals surface area contributed by atoms with E-state index in [2.05, 4.69) is 5.92 Å². The van der Waals surface area contributed by atoms with Gasteiger partial charge in [-0.25, -0.2) is 4.39 Å². The van der Waals surface area contributed by atoms with Crippen molar-refractivity contribution in [3.8, 4) is 18.1 Å². The monoisotopic (exact) mass is 192 g/mol. The molecule has 0 spiro atoms. The summed E-state index contributed by atoms with van der Waals surface area (Å²) in [6, 6.07) is 6.01. The van der Waals surface area contributed by atoms with E-state index in [1.165, 1.54) is 12.1 Å². The minimum atomic E-state index is -0.246. The Morgan fingerprint density at radius 1 is 1.21 bits per heavy atom. The SMILES string of the molecule is C#CCCCCOc1ccc(F)cc1. The Bertz CT molecular complexity index is 297. The summed E-state index contributed by atoms with van der Waals surface area (Å²) in [6.07, 6.45) is 7.79. The average Bonchev–Trinajstić information content (AvgIpc) is 2.21. The van der Waals surface area contributed by atoms with Crippen molar-refractivity contribution in [3.05, 3.63) is 30.1 Å². The lowest BCUT2D eigenvalue weighted by Crippen LogP contribution is -1.96. The van der Waals surface area contributed by atoms with Gasteiger partial charge in [0.25, 0.3) is 0 Å². The first kappa shape index (κ1) is 10.6. The maximum atomic E-state index is 12.5. The molecule has 1 aromatic carbocycles. The third-order valence-electron chi connectivity index (χ3n) is 1.80. The van der Waals surface area contributed by atoms with Crippen molar-refractivity contribution in [3.63, 3.8) is 0 Å². The third-order valence-corrected chi connectivity index (χ3v) is 1.80. The first-order valence-corrected chi connectivity index (χ1v) is 4.65. The zero-order valence-corrected chi connectivity index (χ0v) is 8.00. The van der Waals surface area contributed by atoms with Crippen LogP contribution >= 0.6 is 0 Å². The summed E-state index contributed by atoms with van der Waals surface area (Å²) in [6.45, 7) is 0.632. The molecule has 1 nitrogen and oxygen atoms in total. The summed E-state index contributed by atoms with van der Waals surface area (Å²) in [7, 11) is 0. The molecule has 2 heteroatoms. The molecule has 0 unspecified atom stereocenters. The third kappa shape index (κ3) is 3.95. The smallest absolute Gasteiger partial charge is 0.123 e. The highest BCUT2D eigenvalue weighted by molar-refractivity contribution is 5.21. The lowest BCUT2D eigenvalue weighted by atomic mass is 10.2. The van der Waals surface area contributed by atoms with Gasteiger partial charge >= 0.3 is 0 Å². The molecule has 0 aromatic heterocycles. The molecular formula is C12H13FO. The zero-order valence-electron chi connectivity index (χ0n) is 8.00. The molecule has 1 rings (SSSR count). The highest BCUT2D eigenvalue weighted by Gasteiger charge is 1.93. The van der Waals surface area contributed by atoms with Crippen LogP contribution in [0.3, 0.4) is 0 Å². The lowest BCUT2D eigenvalue weighted by Gasteiger charge is -2.04. The Morgan fingerprint density at radius 3 is 2.57 bits per heavy atom. The van der Waals surface area contributed by atoms with Gasteiger partial charge < -0.3 is 4.74 Å². The molecule has 1 aromatic rings. The average molecular weight is 192 g/mol. The summed E-state index contributed by atoms with van der Waals surface area (Å²) >= 11 is 0. The second-order valence-corrected chi connectivity index (χ2v) is 2.96.